The summed E-state index contributed by atoms with van der Waals surface area (Å²) in [5.41, 5.74) is 12.1. The lowest BCUT2D eigenvalue weighted by Crippen LogP contribution is -2.35. The second-order valence-electron chi connectivity index (χ2n) is 9.82. The molecule has 0 saturated heterocycles. The highest BCUT2D eigenvalue weighted by molar-refractivity contribution is 7.89. The van der Waals surface area contributed by atoms with Gasteiger partial charge in [0.1, 0.15) is 22.4 Å². The number of anilines is 1. The Morgan fingerprint density at radius 2 is 2.02 bits per heavy atom. The number of nitrogens with zero attached hydrogens (tertiary/aromatic N) is 3. The topological polar surface area (TPSA) is 134 Å². The van der Waals surface area contributed by atoms with Gasteiger partial charge in [0.05, 0.1) is 19.6 Å². The highest BCUT2D eigenvalue weighted by Gasteiger charge is 2.34. The van der Waals surface area contributed by atoms with Gasteiger partial charge in [-0.1, -0.05) is 30.3 Å². The molecular formula is C29H35N5O5S. The quantitative estimate of drug-likeness (QED) is 0.260. The molecular weight excluding hydrogens is 530 g/mol. The van der Waals surface area contributed by atoms with Crippen molar-refractivity contribution in [1.82, 2.24) is 9.29 Å². The number of carbonyl (C=O) groups is 1. The van der Waals surface area contributed by atoms with Crippen molar-refractivity contribution < 1.29 is 22.7 Å². The Hall–Kier alpha value is -3.83. The van der Waals surface area contributed by atoms with E-state index in [0.717, 1.165) is 27.8 Å². The van der Waals surface area contributed by atoms with E-state index in [1.165, 1.54) is 4.31 Å². The van der Waals surface area contributed by atoms with Gasteiger partial charge in [0.2, 0.25) is 10.0 Å². The number of fused-ring (bicyclic) bond motifs is 1. The highest BCUT2D eigenvalue weighted by atomic mass is 32.2. The molecule has 2 unspecified atom stereocenters. The van der Waals surface area contributed by atoms with Crippen molar-refractivity contribution in [3.05, 3.63) is 76.5 Å². The van der Waals surface area contributed by atoms with Crippen molar-refractivity contribution in [1.29, 1.82) is 5.53 Å². The van der Waals surface area contributed by atoms with E-state index >= 15 is 0 Å². The van der Waals surface area contributed by atoms with E-state index < -0.39 is 15.9 Å². The first kappa shape index (κ1) is 29.2. The van der Waals surface area contributed by atoms with Crippen molar-refractivity contribution in [2.24, 2.45) is 5.11 Å². The summed E-state index contributed by atoms with van der Waals surface area (Å²) in [5, 5.41) is 6.63. The van der Waals surface area contributed by atoms with Gasteiger partial charge in [-0.25, -0.2) is 18.9 Å². The maximum Gasteiger partial charge on any atom is 0.306 e. The maximum absolute atomic E-state index is 13.7. The van der Waals surface area contributed by atoms with E-state index in [1.807, 2.05) is 39.0 Å². The fraction of sp³-hybridized carbons (Fsp3) is 0.379. The molecule has 1 aliphatic rings. The van der Waals surface area contributed by atoms with E-state index in [1.54, 1.807) is 44.4 Å². The molecule has 3 aromatic rings. The molecule has 40 heavy (non-hydrogen) atoms. The summed E-state index contributed by atoms with van der Waals surface area (Å²) in [6.45, 7) is 7.97. The van der Waals surface area contributed by atoms with Gasteiger partial charge in [-0.2, -0.15) is 9.42 Å². The predicted molar refractivity (Wildman–Crippen MR) is 152 cm³/mol. The minimum Gasteiger partial charge on any atom is -0.488 e. The van der Waals surface area contributed by atoms with E-state index in [9.17, 15) is 13.2 Å². The zero-order chi connectivity index (χ0) is 29.0. The fourth-order valence-corrected chi connectivity index (χ4v) is 6.64. The molecule has 2 heterocycles. The molecule has 2 atom stereocenters. The van der Waals surface area contributed by atoms with Gasteiger partial charge in [0.15, 0.2) is 5.82 Å². The van der Waals surface area contributed by atoms with Crippen LogP contribution in [0.15, 0.2) is 58.7 Å². The van der Waals surface area contributed by atoms with Crippen LogP contribution >= 0.6 is 0 Å². The largest absolute Gasteiger partial charge is 0.488 e. The van der Waals surface area contributed by atoms with Crippen LogP contribution in [0.4, 0.5) is 11.5 Å². The number of rotatable bonds is 9. The molecule has 2 N–H and O–H groups in total. The molecule has 10 nitrogen and oxygen atoms in total. The Balaban J connectivity index is 1.78. The van der Waals surface area contributed by atoms with Gasteiger partial charge in [-0.3, -0.25) is 4.79 Å². The first-order valence-corrected chi connectivity index (χ1v) is 14.6. The third-order valence-electron chi connectivity index (χ3n) is 7.12. The summed E-state index contributed by atoms with van der Waals surface area (Å²) in [6, 6.07) is 12.5. The Bertz CT molecular complexity index is 1530. The molecule has 0 bridgehead atoms. The molecule has 0 fully saturated rings. The molecule has 0 radical (unpaired) electrons. The number of esters is 1. The smallest absolute Gasteiger partial charge is 0.306 e. The molecule has 212 valence electrons. The van der Waals surface area contributed by atoms with Gasteiger partial charge < -0.3 is 14.8 Å². The Morgan fingerprint density at radius 1 is 1.27 bits per heavy atom. The summed E-state index contributed by atoms with van der Waals surface area (Å²) >= 11 is 0. The Kier molecular flexibility index (Phi) is 8.85. The van der Waals surface area contributed by atoms with Crippen LogP contribution in [0.1, 0.15) is 54.0 Å². The van der Waals surface area contributed by atoms with Crippen LogP contribution in [0.2, 0.25) is 0 Å². The molecule has 4 rings (SSSR count). The first-order chi connectivity index (χ1) is 19.1. The fourth-order valence-electron chi connectivity index (χ4n) is 5.03. The standard InChI is InChI=1S/C29H35N5O5S/c1-6-38-27(35)14-23(24-15-32-29(31-5)28(33-30)20(24)4)21-12-11-18(2)22(13-21)17-34-16-19(3)39-25-9-7-8-10-26(25)40(34,36)37/h7-13,15,19,23,30H,6,14,16-17H2,1-5H3,(H,31,32). The Labute approximate surface area is 235 Å². The second kappa shape index (κ2) is 12.1. The number of pyridine rings is 1. The number of aryl methyl sites for hydroxylation is 1. The first-order valence-electron chi connectivity index (χ1n) is 13.2. The number of aromatic nitrogens is 1. The maximum atomic E-state index is 13.7. The average molecular weight is 566 g/mol. The minimum atomic E-state index is -3.82. The summed E-state index contributed by atoms with van der Waals surface area (Å²) in [4.78, 5) is 17.3. The van der Waals surface area contributed by atoms with Gasteiger partial charge in [0, 0.05) is 25.7 Å². The van der Waals surface area contributed by atoms with Gasteiger partial charge in [-0.05, 0) is 67.6 Å². The zero-order valence-electron chi connectivity index (χ0n) is 23.4. The molecule has 0 spiro atoms. The van der Waals surface area contributed by atoms with Crippen molar-refractivity contribution in [2.45, 2.75) is 57.6 Å². The lowest BCUT2D eigenvalue weighted by Gasteiger charge is -2.24. The minimum absolute atomic E-state index is 0.0511. The summed E-state index contributed by atoms with van der Waals surface area (Å²) < 4.78 is 40.0. The number of nitrogens with one attached hydrogen (secondary N) is 2. The van der Waals surface area contributed by atoms with E-state index in [4.69, 9.17) is 15.0 Å². The highest BCUT2D eigenvalue weighted by Crippen LogP contribution is 2.38. The SMILES string of the molecule is CCOC(=O)CC(c1ccc(C)c(CN2CC(C)Oc3ccccc3S2(=O)=O)c1)c1cnc(NC)c(N=N)c1C. The summed E-state index contributed by atoms with van der Waals surface area (Å²) in [7, 11) is -2.11. The van der Waals surface area contributed by atoms with E-state index in [0.29, 0.717) is 17.3 Å². The molecule has 1 aromatic heterocycles. The van der Waals surface area contributed by atoms with Crippen molar-refractivity contribution in [3.8, 4) is 5.75 Å². The van der Waals surface area contributed by atoms with E-state index in [2.05, 4.69) is 15.4 Å². The number of hydrogen-bond donors (Lipinski definition) is 2. The van der Waals surface area contributed by atoms with Gasteiger partial charge >= 0.3 is 5.97 Å². The van der Waals surface area contributed by atoms with Crippen LogP contribution in [-0.4, -0.2) is 50.0 Å². The van der Waals surface area contributed by atoms with E-state index in [-0.39, 0.29) is 43.1 Å². The van der Waals surface area contributed by atoms with Crippen LogP contribution in [0.25, 0.3) is 0 Å². The van der Waals surface area contributed by atoms with Crippen LogP contribution in [0.5, 0.6) is 5.75 Å². The van der Waals surface area contributed by atoms with Gasteiger partial charge in [-0.15, -0.1) is 0 Å². The number of benzene rings is 2. The van der Waals surface area contributed by atoms with Crippen LogP contribution in [0.3, 0.4) is 0 Å². The summed E-state index contributed by atoms with van der Waals surface area (Å²) in [5.74, 6) is 0.00887. The number of carbonyl (C=O) groups excluding carboxylic acids is 1. The summed E-state index contributed by atoms with van der Waals surface area (Å²) in [6.07, 6.45) is 1.40. The molecule has 0 saturated carbocycles. The zero-order valence-corrected chi connectivity index (χ0v) is 24.2. The molecule has 0 amide bonds. The predicted octanol–water partition coefficient (Wildman–Crippen LogP) is 5.46. The monoisotopic (exact) mass is 565 g/mol. The number of para-hydroxylation sites is 1. The second-order valence-corrected chi connectivity index (χ2v) is 11.7. The van der Waals surface area contributed by atoms with Crippen molar-refractivity contribution >= 4 is 27.5 Å². The molecule has 11 heteroatoms. The van der Waals surface area contributed by atoms with Crippen molar-refractivity contribution in [3.63, 3.8) is 0 Å². The van der Waals surface area contributed by atoms with Crippen LogP contribution in [-0.2, 0) is 26.1 Å². The third kappa shape index (κ3) is 5.85. The van der Waals surface area contributed by atoms with Crippen LogP contribution in [0, 0.1) is 19.4 Å². The average Bonchev–Trinajstić information content (AvgIpc) is 3.01. The van der Waals surface area contributed by atoms with Crippen LogP contribution < -0.4 is 10.1 Å². The Morgan fingerprint density at radius 3 is 2.73 bits per heavy atom. The molecule has 0 aliphatic carbocycles. The molecule has 1 aliphatic heterocycles. The third-order valence-corrected chi connectivity index (χ3v) is 8.97. The normalized spacial score (nSPS) is 17.2. The lowest BCUT2D eigenvalue weighted by molar-refractivity contribution is -0.143. The van der Waals surface area contributed by atoms with Crippen molar-refractivity contribution in [2.75, 3.05) is 25.5 Å². The van der Waals surface area contributed by atoms with Gasteiger partial charge in [0.25, 0.3) is 0 Å². The number of hydrogen-bond acceptors (Lipinski definition) is 9. The lowest BCUT2D eigenvalue weighted by atomic mass is 9.85. The molecule has 2 aromatic carbocycles. The number of sulfonamides is 1. The number of ether oxygens (including phenoxy) is 2.